The zero-order valence-corrected chi connectivity index (χ0v) is 15.5. The summed E-state index contributed by atoms with van der Waals surface area (Å²) in [5.74, 6) is -0.872. The number of carbonyl (C=O) groups is 1. The van der Waals surface area contributed by atoms with Crippen LogP contribution in [0, 0.1) is 13.8 Å². The van der Waals surface area contributed by atoms with Crippen LogP contribution < -0.4 is 5.56 Å². The summed E-state index contributed by atoms with van der Waals surface area (Å²) < 4.78 is 1.10. The van der Waals surface area contributed by atoms with E-state index in [-0.39, 0.29) is 22.8 Å². The number of rotatable bonds is 2. The third-order valence-corrected chi connectivity index (χ3v) is 4.60. The van der Waals surface area contributed by atoms with E-state index in [2.05, 4.69) is 20.3 Å². The summed E-state index contributed by atoms with van der Waals surface area (Å²) in [6.07, 6.45) is 0. The molecule has 0 aliphatic carbocycles. The number of nitrogens with one attached hydrogen (secondary N) is 1. The van der Waals surface area contributed by atoms with Crippen molar-refractivity contribution < 1.29 is 9.90 Å². The van der Waals surface area contributed by atoms with Crippen LogP contribution in [0.25, 0.3) is 21.7 Å². The van der Waals surface area contributed by atoms with Crippen LogP contribution in [-0.2, 0) is 7.05 Å². The van der Waals surface area contributed by atoms with Crippen LogP contribution in [0.4, 0.5) is 5.69 Å². The number of benzene rings is 2. The topological polar surface area (TPSA) is 113 Å². The fourth-order valence-electron chi connectivity index (χ4n) is 3.33. The Kier molecular flexibility index (Phi) is 4.03. The number of H-pyrrole nitrogens is 1. The van der Waals surface area contributed by atoms with Crippen LogP contribution >= 0.6 is 0 Å². The molecule has 8 heteroatoms. The number of hydrogen-bond donors (Lipinski definition) is 2. The molecule has 4 rings (SSSR count). The van der Waals surface area contributed by atoms with Crippen molar-refractivity contribution in [2.24, 2.45) is 17.3 Å². The molecule has 2 aromatic carbocycles. The highest BCUT2D eigenvalue weighted by atomic mass is 16.3. The number of aromatic amines is 1. The molecule has 0 aliphatic heterocycles. The zero-order valence-electron chi connectivity index (χ0n) is 15.5. The van der Waals surface area contributed by atoms with Crippen molar-refractivity contribution in [1.29, 1.82) is 0 Å². The van der Waals surface area contributed by atoms with Gasteiger partial charge in [-0.05, 0) is 31.5 Å². The van der Waals surface area contributed by atoms with Crippen LogP contribution in [0.15, 0.2) is 51.4 Å². The quantitative estimate of drug-likeness (QED) is 0.521. The Balaban J connectivity index is 1.82. The highest BCUT2D eigenvalue weighted by Crippen LogP contribution is 2.37. The van der Waals surface area contributed by atoms with Crippen LogP contribution in [0.5, 0.6) is 5.88 Å². The fraction of sp³-hybridized carbons (Fsp3) is 0.150. The van der Waals surface area contributed by atoms with Crippen molar-refractivity contribution in [2.75, 3.05) is 0 Å². The lowest BCUT2D eigenvalue weighted by Gasteiger charge is -2.04. The zero-order chi connectivity index (χ0) is 20.0. The number of aromatic nitrogens is 3. The molecule has 2 aromatic heterocycles. The van der Waals surface area contributed by atoms with E-state index in [1.54, 1.807) is 24.3 Å². The molecule has 140 valence electrons. The molecule has 0 aliphatic rings. The summed E-state index contributed by atoms with van der Waals surface area (Å²) in [7, 11) is 1.47. The van der Waals surface area contributed by atoms with E-state index in [0.717, 1.165) is 21.3 Å². The molecule has 0 radical (unpaired) electrons. The lowest BCUT2D eigenvalue weighted by Crippen LogP contribution is -2.22. The first-order chi connectivity index (χ1) is 13.4. The van der Waals surface area contributed by atoms with E-state index in [1.807, 2.05) is 26.0 Å². The number of fused-ring (bicyclic) bond motifs is 2. The van der Waals surface area contributed by atoms with Crippen molar-refractivity contribution >= 4 is 33.3 Å². The lowest BCUT2D eigenvalue weighted by atomic mass is 10.1. The monoisotopic (exact) mass is 375 g/mol. The second-order valence-electron chi connectivity index (χ2n) is 6.65. The predicted octanol–water partition coefficient (Wildman–Crippen LogP) is 3.66. The molecule has 2 heterocycles. The molecular formula is C20H17N5O3. The number of nitrogens with zero attached hydrogens (tertiary/aromatic N) is 4. The fourth-order valence-corrected chi connectivity index (χ4v) is 3.33. The summed E-state index contributed by atoms with van der Waals surface area (Å²) in [5, 5.41) is 23.4. The molecule has 8 nitrogen and oxygen atoms in total. The van der Waals surface area contributed by atoms with Crippen LogP contribution in [-0.4, -0.2) is 25.8 Å². The number of azo groups is 1. The minimum absolute atomic E-state index is 0.0214. The van der Waals surface area contributed by atoms with Crippen molar-refractivity contribution in [3.63, 3.8) is 0 Å². The first-order valence-electron chi connectivity index (χ1n) is 8.61. The van der Waals surface area contributed by atoms with E-state index < -0.39 is 5.91 Å². The van der Waals surface area contributed by atoms with Crippen LogP contribution in [0.3, 0.4) is 0 Å². The van der Waals surface area contributed by atoms with E-state index in [9.17, 15) is 14.7 Å². The summed E-state index contributed by atoms with van der Waals surface area (Å²) in [5.41, 5.74) is 2.58. The second-order valence-corrected chi connectivity index (χ2v) is 6.65. The molecule has 0 unspecified atom stereocenters. The standard InChI is InChI=1S/C20H17N5O3/c1-10-8-11(2)15-14(9-10)16(18(26)21-15)22-23-19(27)17-12-6-4-5-7-13(12)20(28)25(3)24-17/h4-9,21,26H,1-3H3. The van der Waals surface area contributed by atoms with Gasteiger partial charge in [0, 0.05) is 17.8 Å². The Morgan fingerprint density at radius 1 is 1.14 bits per heavy atom. The van der Waals surface area contributed by atoms with Gasteiger partial charge in [0.05, 0.1) is 10.9 Å². The largest absolute Gasteiger partial charge is 0.493 e. The van der Waals surface area contributed by atoms with Gasteiger partial charge in [0.25, 0.3) is 5.56 Å². The van der Waals surface area contributed by atoms with Gasteiger partial charge in [0.2, 0.25) is 5.88 Å². The summed E-state index contributed by atoms with van der Waals surface area (Å²) in [4.78, 5) is 27.7. The van der Waals surface area contributed by atoms with Gasteiger partial charge < -0.3 is 10.1 Å². The maximum atomic E-state index is 12.7. The Morgan fingerprint density at radius 2 is 1.86 bits per heavy atom. The predicted molar refractivity (Wildman–Crippen MR) is 105 cm³/mol. The van der Waals surface area contributed by atoms with Gasteiger partial charge >= 0.3 is 5.91 Å². The SMILES string of the molecule is Cc1cc(C)c2[nH]c(O)c(N=NC(=O)c3nn(C)c(=O)c4ccccc34)c2c1. The highest BCUT2D eigenvalue weighted by molar-refractivity contribution is 6.05. The third kappa shape index (κ3) is 2.75. The van der Waals surface area contributed by atoms with Crippen molar-refractivity contribution in [3.05, 3.63) is 63.6 Å². The molecule has 2 N–H and O–H groups in total. The number of amides is 1. The number of aryl methyl sites for hydroxylation is 3. The third-order valence-electron chi connectivity index (χ3n) is 4.60. The maximum absolute atomic E-state index is 12.7. The molecule has 28 heavy (non-hydrogen) atoms. The molecule has 0 bridgehead atoms. The summed E-state index contributed by atoms with van der Waals surface area (Å²) in [6, 6.07) is 10.5. The minimum atomic E-state index is -0.704. The Bertz CT molecular complexity index is 1350. The van der Waals surface area contributed by atoms with Crippen LogP contribution in [0.1, 0.15) is 21.6 Å². The highest BCUT2D eigenvalue weighted by Gasteiger charge is 2.17. The lowest BCUT2D eigenvalue weighted by molar-refractivity contribution is 0.0990. The van der Waals surface area contributed by atoms with Gasteiger partial charge in [-0.15, -0.1) is 10.2 Å². The molecule has 4 aromatic rings. The van der Waals surface area contributed by atoms with Crippen LogP contribution in [0.2, 0.25) is 0 Å². The molecular weight excluding hydrogens is 358 g/mol. The average Bonchev–Trinajstić information content (AvgIpc) is 2.98. The van der Waals surface area contributed by atoms with Crippen molar-refractivity contribution in [1.82, 2.24) is 14.8 Å². The number of carbonyl (C=O) groups excluding carboxylic acids is 1. The van der Waals surface area contributed by atoms with Gasteiger partial charge in [-0.3, -0.25) is 9.59 Å². The Morgan fingerprint density at radius 3 is 2.61 bits per heavy atom. The molecule has 0 saturated heterocycles. The maximum Gasteiger partial charge on any atom is 0.316 e. The second kappa shape index (κ2) is 6.41. The number of hydrogen-bond acceptors (Lipinski definition) is 5. The average molecular weight is 375 g/mol. The van der Waals surface area contributed by atoms with E-state index in [1.165, 1.54) is 7.05 Å². The van der Waals surface area contributed by atoms with Gasteiger partial charge in [-0.25, -0.2) is 4.68 Å². The van der Waals surface area contributed by atoms with E-state index >= 15 is 0 Å². The number of aromatic hydroxyl groups is 1. The first kappa shape index (κ1) is 17.6. The van der Waals surface area contributed by atoms with Crippen molar-refractivity contribution in [2.45, 2.75) is 13.8 Å². The van der Waals surface area contributed by atoms with Gasteiger partial charge in [0.15, 0.2) is 11.4 Å². The molecule has 0 fully saturated rings. The normalized spacial score (nSPS) is 11.7. The summed E-state index contributed by atoms with van der Waals surface area (Å²) >= 11 is 0. The first-order valence-corrected chi connectivity index (χ1v) is 8.61. The molecule has 0 atom stereocenters. The van der Waals surface area contributed by atoms with E-state index in [0.29, 0.717) is 16.2 Å². The van der Waals surface area contributed by atoms with E-state index in [4.69, 9.17) is 0 Å². The summed E-state index contributed by atoms with van der Waals surface area (Å²) in [6.45, 7) is 3.85. The molecule has 0 spiro atoms. The van der Waals surface area contributed by atoms with Gasteiger partial charge in [-0.1, -0.05) is 29.8 Å². The minimum Gasteiger partial charge on any atom is -0.493 e. The van der Waals surface area contributed by atoms with Crippen molar-refractivity contribution in [3.8, 4) is 5.88 Å². The Hall–Kier alpha value is -3.81. The van der Waals surface area contributed by atoms with Gasteiger partial charge in [-0.2, -0.15) is 5.10 Å². The Labute approximate surface area is 159 Å². The smallest absolute Gasteiger partial charge is 0.316 e. The van der Waals surface area contributed by atoms with Gasteiger partial charge in [0.1, 0.15) is 0 Å². The molecule has 1 amide bonds. The molecule has 0 saturated carbocycles.